The molecule has 1 heterocycles. The zero-order valence-corrected chi connectivity index (χ0v) is 15.2. The minimum absolute atomic E-state index is 0.228. The van der Waals surface area contributed by atoms with E-state index in [1.54, 1.807) is 18.3 Å². The fourth-order valence-electron chi connectivity index (χ4n) is 3.91. The van der Waals surface area contributed by atoms with Crippen molar-refractivity contribution in [1.82, 2.24) is 5.01 Å². The third kappa shape index (κ3) is 4.93. The Morgan fingerprint density at radius 3 is 2.56 bits per heavy atom. The van der Waals surface area contributed by atoms with Gasteiger partial charge in [0.2, 0.25) is 11.8 Å². The highest BCUT2D eigenvalue weighted by Crippen LogP contribution is 2.33. The third-order valence-corrected chi connectivity index (χ3v) is 5.26. The van der Waals surface area contributed by atoms with E-state index in [9.17, 15) is 19.5 Å². The van der Waals surface area contributed by atoms with Gasteiger partial charge in [0.1, 0.15) is 6.04 Å². The molecule has 144 valence electrons. The molecule has 1 aliphatic carbocycles. The summed E-state index contributed by atoms with van der Waals surface area (Å²) in [6.07, 6.45) is 6.51. The summed E-state index contributed by atoms with van der Waals surface area (Å²) < 4.78 is 0. The molecule has 1 saturated carbocycles. The molecular weight excluding hydrogens is 346 g/mol. The molecule has 1 aromatic rings. The van der Waals surface area contributed by atoms with Gasteiger partial charge in [-0.2, -0.15) is 5.10 Å². The van der Waals surface area contributed by atoms with Crippen LogP contribution in [0.5, 0.6) is 0 Å². The van der Waals surface area contributed by atoms with Gasteiger partial charge < -0.3 is 10.4 Å². The Morgan fingerprint density at radius 2 is 1.89 bits per heavy atom. The minimum Gasteiger partial charge on any atom is -0.481 e. The molecule has 1 fully saturated rings. The maximum atomic E-state index is 13.0. The number of hydrogen-bond acceptors (Lipinski definition) is 4. The number of carboxylic acids is 1. The number of aliphatic carboxylic acids is 1. The fourth-order valence-corrected chi connectivity index (χ4v) is 3.91. The van der Waals surface area contributed by atoms with Crippen molar-refractivity contribution < 1.29 is 19.5 Å². The molecule has 2 atom stereocenters. The van der Waals surface area contributed by atoms with Crippen molar-refractivity contribution in [2.45, 2.75) is 51.0 Å². The van der Waals surface area contributed by atoms with Crippen LogP contribution >= 0.6 is 0 Å². The Bertz CT molecular complexity index is 713. The average Bonchev–Trinajstić information content (AvgIpc) is 3.33. The monoisotopic (exact) mass is 371 g/mol. The quantitative estimate of drug-likeness (QED) is 0.770. The van der Waals surface area contributed by atoms with Crippen molar-refractivity contribution in [2.24, 2.45) is 16.9 Å². The Hall–Kier alpha value is -2.70. The maximum absolute atomic E-state index is 13.0. The van der Waals surface area contributed by atoms with E-state index in [-0.39, 0.29) is 18.2 Å². The summed E-state index contributed by atoms with van der Waals surface area (Å²) in [5.41, 5.74) is 0.648. The highest BCUT2D eigenvalue weighted by atomic mass is 16.4. The predicted octanol–water partition coefficient (Wildman–Crippen LogP) is 2.88. The number of carbonyl (C=O) groups is 3. The molecule has 0 aromatic heterocycles. The summed E-state index contributed by atoms with van der Waals surface area (Å²) in [6, 6.07) is 8.28. The highest BCUT2D eigenvalue weighted by Gasteiger charge is 2.38. The van der Waals surface area contributed by atoms with Crippen molar-refractivity contribution in [1.29, 1.82) is 0 Å². The van der Waals surface area contributed by atoms with Crippen molar-refractivity contribution in [3.63, 3.8) is 0 Å². The van der Waals surface area contributed by atoms with Gasteiger partial charge in [0.15, 0.2) is 0 Å². The van der Waals surface area contributed by atoms with Crippen LogP contribution in [0.3, 0.4) is 0 Å². The Balaban J connectivity index is 1.68. The van der Waals surface area contributed by atoms with Crippen molar-refractivity contribution in [3.8, 4) is 0 Å². The van der Waals surface area contributed by atoms with Crippen LogP contribution in [0, 0.1) is 11.8 Å². The van der Waals surface area contributed by atoms with Crippen LogP contribution in [0.25, 0.3) is 0 Å². The summed E-state index contributed by atoms with van der Waals surface area (Å²) in [6.45, 7) is 0. The molecule has 2 aliphatic rings. The van der Waals surface area contributed by atoms with E-state index in [1.165, 1.54) is 5.01 Å². The first-order chi connectivity index (χ1) is 13.0. The number of hydrogen-bond donors (Lipinski definition) is 2. The van der Waals surface area contributed by atoms with E-state index in [2.05, 4.69) is 10.4 Å². The molecule has 0 radical (unpaired) electrons. The maximum Gasteiger partial charge on any atom is 0.304 e. The highest BCUT2D eigenvalue weighted by molar-refractivity contribution is 6.00. The number of amides is 2. The first-order valence-electron chi connectivity index (χ1n) is 9.48. The average molecular weight is 371 g/mol. The molecule has 0 spiro atoms. The lowest BCUT2D eigenvalue weighted by Crippen LogP contribution is -2.44. The SMILES string of the molecule is O=C(O)C[C@@H](CC1CCCC1)C(=O)N1N=CCC1C(=O)Nc1ccccc1. The van der Waals surface area contributed by atoms with Crippen LogP contribution in [0.4, 0.5) is 5.69 Å². The van der Waals surface area contributed by atoms with E-state index in [4.69, 9.17) is 0 Å². The molecule has 0 bridgehead atoms. The van der Waals surface area contributed by atoms with Gasteiger partial charge in [0.05, 0.1) is 12.3 Å². The third-order valence-electron chi connectivity index (χ3n) is 5.26. The summed E-state index contributed by atoms with van der Waals surface area (Å²) >= 11 is 0. The van der Waals surface area contributed by atoms with Gasteiger partial charge in [-0.15, -0.1) is 0 Å². The Labute approximate surface area is 158 Å². The number of anilines is 1. The van der Waals surface area contributed by atoms with Gasteiger partial charge in [0.25, 0.3) is 0 Å². The normalized spacial score (nSPS) is 20.6. The van der Waals surface area contributed by atoms with Crippen molar-refractivity contribution in [3.05, 3.63) is 30.3 Å². The number of benzene rings is 1. The molecular formula is C20H25N3O4. The van der Waals surface area contributed by atoms with Crippen LogP contribution in [-0.4, -0.2) is 40.2 Å². The molecule has 3 rings (SSSR count). The van der Waals surface area contributed by atoms with Gasteiger partial charge in [0, 0.05) is 18.3 Å². The smallest absolute Gasteiger partial charge is 0.304 e. The van der Waals surface area contributed by atoms with Crippen LogP contribution in [0.2, 0.25) is 0 Å². The van der Waals surface area contributed by atoms with Crippen LogP contribution in [0.1, 0.15) is 44.9 Å². The second-order valence-corrected chi connectivity index (χ2v) is 7.27. The second kappa shape index (κ2) is 8.79. The van der Waals surface area contributed by atoms with E-state index >= 15 is 0 Å². The number of carboxylic acid groups (broad SMARTS) is 1. The summed E-state index contributed by atoms with van der Waals surface area (Å²) in [4.78, 5) is 36.9. The zero-order chi connectivity index (χ0) is 19.2. The van der Waals surface area contributed by atoms with Gasteiger partial charge in [-0.05, 0) is 24.5 Å². The van der Waals surface area contributed by atoms with Gasteiger partial charge >= 0.3 is 5.97 Å². The lowest BCUT2D eigenvalue weighted by atomic mass is 9.90. The number of para-hydroxylation sites is 1. The number of hydrazone groups is 1. The first kappa shape index (κ1) is 19.1. The summed E-state index contributed by atoms with van der Waals surface area (Å²) in [5.74, 6) is -1.96. The number of nitrogens with one attached hydrogen (secondary N) is 1. The van der Waals surface area contributed by atoms with Crippen molar-refractivity contribution in [2.75, 3.05) is 5.32 Å². The molecule has 2 amide bonds. The lowest BCUT2D eigenvalue weighted by molar-refractivity contribution is -0.147. The summed E-state index contributed by atoms with van der Waals surface area (Å²) in [7, 11) is 0. The molecule has 27 heavy (non-hydrogen) atoms. The van der Waals surface area contributed by atoms with Crippen LogP contribution < -0.4 is 5.32 Å². The van der Waals surface area contributed by atoms with E-state index < -0.39 is 17.9 Å². The Kier molecular flexibility index (Phi) is 6.21. The predicted molar refractivity (Wildman–Crippen MR) is 101 cm³/mol. The molecule has 7 nitrogen and oxygen atoms in total. The number of carbonyl (C=O) groups excluding carboxylic acids is 2. The van der Waals surface area contributed by atoms with Gasteiger partial charge in [-0.25, -0.2) is 5.01 Å². The molecule has 2 N–H and O–H groups in total. The Morgan fingerprint density at radius 1 is 1.19 bits per heavy atom. The standard InChI is InChI=1S/C20H25N3O4/c24-18(25)13-15(12-14-6-4-5-7-14)20(27)23-17(10-11-21-23)19(26)22-16-8-2-1-3-9-16/h1-3,8-9,11,14-15,17H,4-7,10,12-13H2,(H,22,26)(H,24,25)/t15-,17?/m1/s1. The molecule has 1 aromatic carbocycles. The number of nitrogens with zero attached hydrogens (tertiary/aromatic N) is 2. The molecule has 1 unspecified atom stereocenters. The second-order valence-electron chi connectivity index (χ2n) is 7.27. The zero-order valence-electron chi connectivity index (χ0n) is 15.2. The van der Waals surface area contributed by atoms with E-state index in [1.807, 2.05) is 18.2 Å². The molecule has 7 heteroatoms. The fraction of sp³-hybridized carbons (Fsp3) is 0.500. The van der Waals surface area contributed by atoms with Gasteiger partial charge in [-0.3, -0.25) is 14.4 Å². The van der Waals surface area contributed by atoms with Crippen LogP contribution in [-0.2, 0) is 14.4 Å². The van der Waals surface area contributed by atoms with E-state index in [0.717, 1.165) is 25.7 Å². The van der Waals surface area contributed by atoms with Crippen LogP contribution in [0.15, 0.2) is 35.4 Å². The first-order valence-corrected chi connectivity index (χ1v) is 9.48. The lowest BCUT2D eigenvalue weighted by Gasteiger charge is -2.26. The number of rotatable bonds is 7. The topological polar surface area (TPSA) is 99.1 Å². The molecule has 1 aliphatic heterocycles. The van der Waals surface area contributed by atoms with Crippen molar-refractivity contribution >= 4 is 29.7 Å². The largest absolute Gasteiger partial charge is 0.481 e. The minimum atomic E-state index is -1.00. The molecule has 0 saturated heterocycles. The van der Waals surface area contributed by atoms with Gasteiger partial charge in [-0.1, -0.05) is 43.9 Å². The summed E-state index contributed by atoms with van der Waals surface area (Å²) in [5, 5.41) is 17.3. The van der Waals surface area contributed by atoms with E-state index in [0.29, 0.717) is 24.4 Å².